The molecule has 1 rings (SSSR count). The number of ether oxygens (including phenoxy) is 2. The van der Waals surface area contributed by atoms with Crippen molar-refractivity contribution in [3.8, 4) is 0 Å². The van der Waals surface area contributed by atoms with Crippen molar-refractivity contribution in [3.63, 3.8) is 0 Å². The van der Waals surface area contributed by atoms with Crippen LogP contribution in [0.1, 0.15) is 33.6 Å². The zero-order valence-corrected chi connectivity index (χ0v) is 22.7. The number of Topliss-reactive ketones (excluding diaryl/α,β-unsaturated/α-hetero) is 1. The van der Waals surface area contributed by atoms with Gasteiger partial charge in [0.15, 0.2) is 9.04 Å². The van der Waals surface area contributed by atoms with E-state index in [9.17, 15) is 19.2 Å². The molecule has 1 saturated heterocycles. The van der Waals surface area contributed by atoms with Gasteiger partial charge in [-0.15, -0.1) is 0 Å². The SMILES string of the molecule is C=CCOC(=O)NC[C@H](CC(=O)C[C@H]1NC(=O)[C@H]1[C@@H](CO[SiH](C)C)C(C)(C)C)NC(=O)OCC=C. The van der Waals surface area contributed by atoms with Crippen molar-refractivity contribution in [2.45, 2.75) is 58.8 Å². The van der Waals surface area contributed by atoms with E-state index in [0.29, 0.717) is 6.61 Å². The average Bonchev–Trinajstić information content (AvgIpc) is 2.75. The summed E-state index contributed by atoms with van der Waals surface area (Å²) < 4.78 is 15.8. The molecule has 1 heterocycles. The van der Waals surface area contributed by atoms with Crippen molar-refractivity contribution in [1.29, 1.82) is 0 Å². The van der Waals surface area contributed by atoms with E-state index in [1.54, 1.807) is 0 Å². The molecule has 0 aromatic carbocycles. The molecule has 0 aromatic heterocycles. The van der Waals surface area contributed by atoms with Gasteiger partial charge in [0.25, 0.3) is 0 Å². The van der Waals surface area contributed by atoms with Crippen molar-refractivity contribution in [1.82, 2.24) is 16.0 Å². The highest BCUT2D eigenvalue weighted by molar-refractivity contribution is 6.48. The predicted molar refractivity (Wildman–Crippen MR) is 135 cm³/mol. The van der Waals surface area contributed by atoms with Crippen LogP contribution in [0, 0.1) is 17.3 Å². The highest BCUT2D eigenvalue weighted by Gasteiger charge is 2.48. The van der Waals surface area contributed by atoms with Crippen molar-refractivity contribution < 1.29 is 33.1 Å². The normalized spacial score (nSPS) is 19.0. The van der Waals surface area contributed by atoms with Gasteiger partial charge < -0.3 is 29.9 Å². The third kappa shape index (κ3) is 11.1. The van der Waals surface area contributed by atoms with Crippen molar-refractivity contribution in [3.05, 3.63) is 25.3 Å². The third-order valence-electron chi connectivity index (χ3n) is 5.62. The van der Waals surface area contributed by atoms with Crippen molar-refractivity contribution in [2.24, 2.45) is 17.3 Å². The molecule has 1 fully saturated rings. The quantitative estimate of drug-likeness (QED) is 0.175. The zero-order valence-electron chi connectivity index (χ0n) is 21.6. The summed E-state index contributed by atoms with van der Waals surface area (Å²) in [5.41, 5.74) is -0.179. The molecule has 10 nitrogen and oxygen atoms in total. The van der Waals surface area contributed by atoms with Crippen LogP contribution in [0.5, 0.6) is 0 Å². The second kappa shape index (κ2) is 14.7. The molecule has 4 atom stereocenters. The van der Waals surface area contributed by atoms with E-state index < -0.39 is 27.3 Å². The minimum Gasteiger partial charge on any atom is -0.445 e. The first-order valence-corrected chi connectivity index (χ1v) is 14.7. The minimum absolute atomic E-state index is 0.00654. The summed E-state index contributed by atoms with van der Waals surface area (Å²) >= 11 is 0. The molecule has 0 aromatic rings. The van der Waals surface area contributed by atoms with E-state index in [4.69, 9.17) is 13.9 Å². The molecule has 0 spiro atoms. The van der Waals surface area contributed by atoms with E-state index in [2.05, 4.69) is 63.0 Å². The number of nitrogens with one attached hydrogen (secondary N) is 3. The number of amides is 3. The number of hydrogen-bond donors (Lipinski definition) is 3. The van der Waals surface area contributed by atoms with Crippen LogP contribution in [-0.2, 0) is 23.5 Å². The van der Waals surface area contributed by atoms with E-state index in [1.807, 2.05) is 0 Å². The first-order chi connectivity index (χ1) is 16.4. The van der Waals surface area contributed by atoms with Gasteiger partial charge in [-0.3, -0.25) is 9.59 Å². The fourth-order valence-electron chi connectivity index (χ4n) is 3.80. The lowest BCUT2D eigenvalue weighted by molar-refractivity contribution is -0.143. The fourth-order valence-corrected chi connectivity index (χ4v) is 4.39. The Labute approximate surface area is 209 Å². The highest BCUT2D eigenvalue weighted by atomic mass is 28.3. The summed E-state index contributed by atoms with van der Waals surface area (Å²) in [7, 11) is -1.27. The largest absolute Gasteiger partial charge is 0.445 e. The zero-order chi connectivity index (χ0) is 26.6. The van der Waals surface area contributed by atoms with Crippen LogP contribution >= 0.6 is 0 Å². The number of carbonyl (C=O) groups excluding carboxylic acids is 4. The second-order valence-corrected chi connectivity index (χ2v) is 12.4. The molecule has 0 aliphatic carbocycles. The van der Waals surface area contributed by atoms with E-state index >= 15 is 0 Å². The molecule has 35 heavy (non-hydrogen) atoms. The van der Waals surface area contributed by atoms with Crippen LogP contribution in [0.3, 0.4) is 0 Å². The van der Waals surface area contributed by atoms with Gasteiger partial charge in [0.1, 0.15) is 19.0 Å². The summed E-state index contributed by atoms with van der Waals surface area (Å²) in [6, 6.07) is -1.03. The van der Waals surface area contributed by atoms with Gasteiger partial charge in [-0.05, 0) is 24.4 Å². The van der Waals surface area contributed by atoms with Gasteiger partial charge in [0.05, 0.1) is 12.0 Å². The van der Waals surface area contributed by atoms with Crippen LogP contribution in [-0.4, -0.2) is 71.4 Å². The molecule has 3 amide bonds. The highest BCUT2D eigenvalue weighted by Crippen LogP contribution is 2.39. The molecule has 1 aliphatic heterocycles. The maximum atomic E-state index is 12.9. The molecule has 0 bridgehead atoms. The van der Waals surface area contributed by atoms with Crippen LogP contribution in [0.2, 0.25) is 13.1 Å². The smallest absolute Gasteiger partial charge is 0.407 e. The Morgan fingerprint density at radius 2 is 1.71 bits per heavy atom. The molecule has 0 saturated carbocycles. The molecule has 0 radical (unpaired) electrons. The molecule has 1 aliphatic rings. The summed E-state index contributed by atoms with van der Waals surface area (Å²) in [6.45, 7) is 17.8. The number of ketones is 1. The number of carbonyl (C=O) groups is 4. The van der Waals surface area contributed by atoms with Gasteiger partial charge in [0, 0.05) is 32.0 Å². The van der Waals surface area contributed by atoms with Crippen LogP contribution in [0.15, 0.2) is 25.3 Å². The number of hydrogen-bond acceptors (Lipinski definition) is 7. The minimum atomic E-state index is -1.27. The summed E-state index contributed by atoms with van der Waals surface area (Å²) in [5, 5.41) is 7.95. The summed E-state index contributed by atoms with van der Waals surface area (Å²) in [5.74, 6) is -0.608. The lowest BCUT2D eigenvalue weighted by atomic mass is 9.66. The molecular formula is C24H41N3O7Si. The maximum absolute atomic E-state index is 12.9. The summed E-state index contributed by atoms with van der Waals surface area (Å²) in [6.07, 6.45) is 1.47. The molecule has 198 valence electrons. The first-order valence-electron chi connectivity index (χ1n) is 11.9. The van der Waals surface area contributed by atoms with E-state index in [-0.39, 0.29) is 67.6 Å². The lowest BCUT2D eigenvalue weighted by Crippen LogP contribution is -2.64. The lowest BCUT2D eigenvalue weighted by Gasteiger charge is -2.46. The fraction of sp³-hybridized carbons (Fsp3) is 0.667. The maximum Gasteiger partial charge on any atom is 0.407 e. The second-order valence-electron chi connectivity index (χ2n) is 9.94. The van der Waals surface area contributed by atoms with Crippen LogP contribution < -0.4 is 16.0 Å². The van der Waals surface area contributed by atoms with Crippen LogP contribution in [0.4, 0.5) is 9.59 Å². The van der Waals surface area contributed by atoms with Gasteiger partial charge in [-0.25, -0.2) is 9.59 Å². The van der Waals surface area contributed by atoms with Gasteiger partial charge in [0.2, 0.25) is 5.91 Å². The molecule has 11 heteroatoms. The Hall–Kier alpha value is -2.66. The third-order valence-corrected chi connectivity index (χ3v) is 6.48. The summed E-state index contributed by atoms with van der Waals surface area (Å²) in [4.78, 5) is 49.2. The standard InChI is InChI=1S/C24H41N3O7Si/c1-8-10-32-22(30)25-14-16(26-23(31)33-11-9-2)12-17(28)13-19-20(21(29)27-19)18(24(3,4)5)15-34-35(6)7/h8-9,16,18-20,35H,1-2,10-15H2,3-7H3,(H,25,30)(H,26,31)(H,27,29)/t16-,18+,19+,20-/m0/s1. The number of alkyl carbamates (subject to hydrolysis) is 2. The van der Waals surface area contributed by atoms with E-state index in [1.165, 1.54) is 12.2 Å². The molecular weight excluding hydrogens is 470 g/mol. The van der Waals surface area contributed by atoms with Gasteiger partial charge in [-0.1, -0.05) is 46.1 Å². The number of rotatable bonds is 15. The Morgan fingerprint density at radius 1 is 1.11 bits per heavy atom. The van der Waals surface area contributed by atoms with Crippen LogP contribution in [0.25, 0.3) is 0 Å². The Morgan fingerprint density at radius 3 is 2.23 bits per heavy atom. The Kier molecular flexibility index (Phi) is 12.7. The molecule has 3 N–H and O–H groups in total. The van der Waals surface area contributed by atoms with Gasteiger partial charge >= 0.3 is 12.2 Å². The van der Waals surface area contributed by atoms with E-state index in [0.717, 1.165) is 0 Å². The predicted octanol–water partition coefficient (Wildman–Crippen LogP) is 2.31. The Balaban J connectivity index is 2.80. The van der Waals surface area contributed by atoms with Crippen molar-refractivity contribution in [2.75, 3.05) is 26.4 Å². The topological polar surface area (TPSA) is 132 Å². The molecule has 0 unspecified atom stereocenters. The van der Waals surface area contributed by atoms with Gasteiger partial charge in [-0.2, -0.15) is 0 Å². The monoisotopic (exact) mass is 511 g/mol. The van der Waals surface area contributed by atoms with Crippen molar-refractivity contribution >= 4 is 32.9 Å². The first kappa shape index (κ1) is 30.4. The average molecular weight is 512 g/mol. The Bertz CT molecular complexity index is 767. The number of β-lactam (4-membered cyclic amide) rings is 1.